The summed E-state index contributed by atoms with van der Waals surface area (Å²) in [5.74, 6) is -0.729. The lowest BCUT2D eigenvalue weighted by molar-refractivity contribution is 0.102. The number of nitrogens with zero attached hydrogens (tertiary/aromatic N) is 1. The van der Waals surface area contributed by atoms with Crippen molar-refractivity contribution in [1.82, 2.24) is 4.57 Å². The number of anilines is 1. The maximum Gasteiger partial charge on any atom is 0.419 e. The minimum atomic E-state index is -0.458. The van der Waals surface area contributed by atoms with Crippen molar-refractivity contribution in [1.29, 1.82) is 0 Å². The molecule has 3 aromatic rings. The largest absolute Gasteiger partial charge is 0.419 e. The van der Waals surface area contributed by atoms with Crippen LogP contribution in [0.5, 0.6) is 0 Å². The highest BCUT2D eigenvalue weighted by atomic mass is 35.5. The molecule has 0 atom stereocenters. The SMILES string of the molecule is Cn1c(=O)oc2ccc(C(=O)Nc3ccc(Cl)cc3)cc21. The zero-order chi connectivity index (χ0) is 15.0. The van der Waals surface area contributed by atoms with Gasteiger partial charge >= 0.3 is 5.76 Å². The van der Waals surface area contributed by atoms with Gasteiger partial charge in [-0.3, -0.25) is 9.36 Å². The van der Waals surface area contributed by atoms with E-state index < -0.39 is 5.76 Å². The van der Waals surface area contributed by atoms with Crippen LogP contribution in [0.1, 0.15) is 10.4 Å². The van der Waals surface area contributed by atoms with Gasteiger partial charge in [0, 0.05) is 23.3 Å². The smallest absolute Gasteiger partial charge is 0.408 e. The van der Waals surface area contributed by atoms with Crippen LogP contribution >= 0.6 is 11.6 Å². The third-order valence-corrected chi connectivity index (χ3v) is 3.41. The molecular weight excluding hydrogens is 292 g/mol. The Balaban J connectivity index is 1.92. The van der Waals surface area contributed by atoms with Gasteiger partial charge in [0.2, 0.25) is 0 Å². The molecule has 106 valence electrons. The second-order valence-corrected chi connectivity index (χ2v) is 5.01. The van der Waals surface area contributed by atoms with Gasteiger partial charge in [0.1, 0.15) is 0 Å². The quantitative estimate of drug-likeness (QED) is 0.791. The van der Waals surface area contributed by atoms with Gasteiger partial charge in [-0.25, -0.2) is 4.79 Å². The van der Waals surface area contributed by atoms with E-state index in [0.29, 0.717) is 27.4 Å². The molecule has 0 bridgehead atoms. The predicted molar refractivity (Wildman–Crippen MR) is 80.9 cm³/mol. The highest BCUT2D eigenvalue weighted by molar-refractivity contribution is 6.30. The first kappa shape index (κ1) is 13.5. The van der Waals surface area contributed by atoms with Gasteiger partial charge in [0.25, 0.3) is 5.91 Å². The number of benzene rings is 2. The highest BCUT2D eigenvalue weighted by Gasteiger charge is 2.11. The number of amides is 1. The van der Waals surface area contributed by atoms with Crippen molar-refractivity contribution in [3.63, 3.8) is 0 Å². The average Bonchev–Trinajstić information content (AvgIpc) is 2.76. The Kier molecular flexibility index (Phi) is 3.27. The molecule has 0 saturated heterocycles. The molecule has 3 rings (SSSR count). The number of carbonyl (C=O) groups is 1. The van der Waals surface area contributed by atoms with Gasteiger partial charge < -0.3 is 9.73 Å². The van der Waals surface area contributed by atoms with Gasteiger partial charge in [-0.05, 0) is 42.5 Å². The summed E-state index contributed by atoms with van der Waals surface area (Å²) in [6.07, 6.45) is 0. The minimum absolute atomic E-state index is 0.270. The van der Waals surface area contributed by atoms with Crippen LogP contribution in [0.3, 0.4) is 0 Å². The summed E-state index contributed by atoms with van der Waals surface area (Å²) in [5, 5.41) is 3.36. The molecule has 2 aromatic carbocycles. The summed E-state index contributed by atoms with van der Waals surface area (Å²) in [7, 11) is 1.59. The Morgan fingerprint density at radius 1 is 1.19 bits per heavy atom. The van der Waals surface area contributed by atoms with Crippen LogP contribution in [-0.2, 0) is 7.05 Å². The first-order chi connectivity index (χ1) is 10.0. The van der Waals surface area contributed by atoms with Crippen molar-refractivity contribution in [2.45, 2.75) is 0 Å². The van der Waals surface area contributed by atoms with E-state index in [2.05, 4.69) is 5.32 Å². The number of halogens is 1. The van der Waals surface area contributed by atoms with E-state index in [0.717, 1.165) is 0 Å². The molecule has 0 unspecified atom stereocenters. The van der Waals surface area contributed by atoms with E-state index in [9.17, 15) is 9.59 Å². The number of oxazole rings is 1. The maximum absolute atomic E-state index is 12.2. The second-order valence-electron chi connectivity index (χ2n) is 4.57. The average molecular weight is 303 g/mol. The van der Waals surface area contributed by atoms with Crippen LogP contribution in [0.15, 0.2) is 51.7 Å². The number of carbonyl (C=O) groups excluding carboxylic acids is 1. The van der Waals surface area contributed by atoms with Crippen LogP contribution in [-0.4, -0.2) is 10.5 Å². The highest BCUT2D eigenvalue weighted by Crippen LogP contribution is 2.17. The van der Waals surface area contributed by atoms with Crippen molar-refractivity contribution < 1.29 is 9.21 Å². The van der Waals surface area contributed by atoms with Crippen LogP contribution < -0.4 is 11.1 Å². The molecule has 0 fully saturated rings. The molecule has 0 aliphatic heterocycles. The van der Waals surface area contributed by atoms with E-state index in [1.165, 1.54) is 4.57 Å². The monoisotopic (exact) mass is 302 g/mol. The van der Waals surface area contributed by atoms with Gasteiger partial charge in [-0.2, -0.15) is 0 Å². The number of hydrogen-bond acceptors (Lipinski definition) is 3. The fourth-order valence-electron chi connectivity index (χ4n) is 2.00. The number of rotatable bonds is 2. The topological polar surface area (TPSA) is 64.2 Å². The summed E-state index contributed by atoms with van der Waals surface area (Å²) in [6, 6.07) is 11.6. The van der Waals surface area contributed by atoms with Gasteiger partial charge in [-0.15, -0.1) is 0 Å². The molecule has 6 heteroatoms. The summed E-state index contributed by atoms with van der Waals surface area (Å²) in [6.45, 7) is 0. The predicted octanol–water partition coefficient (Wildman–Crippen LogP) is 3.04. The first-order valence-electron chi connectivity index (χ1n) is 6.21. The Hall–Kier alpha value is -2.53. The molecule has 0 saturated carbocycles. The van der Waals surface area contributed by atoms with E-state index in [-0.39, 0.29) is 5.91 Å². The molecule has 1 N–H and O–H groups in total. The van der Waals surface area contributed by atoms with Crippen molar-refractivity contribution in [2.75, 3.05) is 5.32 Å². The molecular formula is C15H11ClN2O3. The summed E-state index contributed by atoms with van der Waals surface area (Å²) in [5.41, 5.74) is 2.11. The van der Waals surface area contributed by atoms with E-state index in [1.807, 2.05) is 0 Å². The Morgan fingerprint density at radius 2 is 1.90 bits per heavy atom. The molecule has 1 aromatic heterocycles. The van der Waals surface area contributed by atoms with Crippen molar-refractivity contribution in [2.24, 2.45) is 7.05 Å². The fraction of sp³-hybridized carbons (Fsp3) is 0.0667. The third-order valence-electron chi connectivity index (χ3n) is 3.16. The standard InChI is InChI=1S/C15H11ClN2O3/c1-18-12-8-9(2-7-13(12)21-15(18)20)14(19)17-11-5-3-10(16)4-6-11/h2-8H,1H3,(H,17,19). The zero-order valence-corrected chi connectivity index (χ0v) is 11.8. The summed E-state index contributed by atoms with van der Waals surface area (Å²) < 4.78 is 6.38. The number of hydrogen-bond donors (Lipinski definition) is 1. The molecule has 0 radical (unpaired) electrons. The van der Waals surface area contributed by atoms with E-state index in [4.69, 9.17) is 16.0 Å². The molecule has 0 spiro atoms. The fourth-order valence-corrected chi connectivity index (χ4v) is 2.13. The molecule has 21 heavy (non-hydrogen) atoms. The molecule has 1 amide bonds. The van der Waals surface area contributed by atoms with Gasteiger partial charge in [0.15, 0.2) is 5.58 Å². The lowest BCUT2D eigenvalue weighted by Gasteiger charge is -2.05. The third kappa shape index (κ3) is 2.55. The zero-order valence-electron chi connectivity index (χ0n) is 11.1. The van der Waals surface area contributed by atoms with E-state index in [1.54, 1.807) is 49.5 Å². The van der Waals surface area contributed by atoms with Gasteiger partial charge in [0.05, 0.1) is 5.52 Å². The Bertz CT molecular complexity index is 878. The summed E-state index contributed by atoms with van der Waals surface area (Å²) >= 11 is 5.79. The van der Waals surface area contributed by atoms with Crippen LogP contribution in [0.2, 0.25) is 5.02 Å². The van der Waals surface area contributed by atoms with Crippen LogP contribution in [0.25, 0.3) is 11.1 Å². The second kappa shape index (κ2) is 5.10. The number of aryl methyl sites for hydroxylation is 1. The Morgan fingerprint density at radius 3 is 2.62 bits per heavy atom. The Labute approximate surface area is 124 Å². The minimum Gasteiger partial charge on any atom is -0.408 e. The van der Waals surface area contributed by atoms with Gasteiger partial charge in [-0.1, -0.05) is 11.6 Å². The van der Waals surface area contributed by atoms with Crippen molar-refractivity contribution in [3.05, 3.63) is 63.6 Å². The lowest BCUT2D eigenvalue weighted by atomic mass is 10.2. The summed E-state index contributed by atoms with van der Waals surface area (Å²) in [4.78, 5) is 23.6. The number of nitrogens with one attached hydrogen (secondary N) is 1. The lowest BCUT2D eigenvalue weighted by Crippen LogP contribution is -2.12. The number of fused-ring (bicyclic) bond motifs is 1. The number of aromatic nitrogens is 1. The van der Waals surface area contributed by atoms with Crippen molar-refractivity contribution >= 4 is 34.3 Å². The molecule has 5 nitrogen and oxygen atoms in total. The maximum atomic E-state index is 12.2. The molecule has 0 aliphatic rings. The first-order valence-corrected chi connectivity index (χ1v) is 6.59. The normalized spacial score (nSPS) is 10.8. The van der Waals surface area contributed by atoms with Crippen LogP contribution in [0, 0.1) is 0 Å². The van der Waals surface area contributed by atoms with E-state index >= 15 is 0 Å². The molecule has 1 heterocycles. The molecule has 0 aliphatic carbocycles. The van der Waals surface area contributed by atoms with Crippen molar-refractivity contribution in [3.8, 4) is 0 Å². The van der Waals surface area contributed by atoms with Crippen LogP contribution in [0.4, 0.5) is 5.69 Å².